The molecular formula is C37H31ClF7N8O3. The number of carbonyl (C=O) groups excluding carboxylic acids is 2. The molecule has 0 bridgehead atoms. The number of rotatable bonds is 11. The first-order valence-corrected chi connectivity index (χ1v) is 17.0. The molecule has 1 saturated heterocycles. The first kappa shape index (κ1) is 39.9. The number of carbonyl (C=O) groups is 2. The Labute approximate surface area is 319 Å². The molecule has 56 heavy (non-hydrogen) atoms. The van der Waals surface area contributed by atoms with Gasteiger partial charge in [0.25, 0.3) is 5.91 Å². The fourth-order valence-electron chi connectivity index (χ4n) is 6.19. The zero-order chi connectivity index (χ0) is 40.6. The van der Waals surface area contributed by atoms with E-state index in [1.165, 1.54) is 48.7 Å². The maximum absolute atomic E-state index is 15.0. The number of aromatic nitrogens is 5. The highest BCUT2D eigenvalue weighted by atomic mass is 35.5. The fraction of sp³-hybridized carbons (Fsp3) is 0.270. The molecule has 1 aliphatic rings. The smallest absolute Gasteiger partial charge is 0.437 e. The molecule has 3 aromatic carbocycles. The Balaban J connectivity index is 1.47. The molecule has 6 rings (SSSR count). The maximum atomic E-state index is 15.0. The zero-order valence-corrected chi connectivity index (χ0v) is 30.1. The lowest BCUT2D eigenvalue weighted by Gasteiger charge is -2.37. The standard InChI is InChI=1S/C37H31ClF7N8O3/c1-21(24-11-14-28(38)27(15-24)29-46-20-48-53(29)32(41)42)52-30(54)36(19-35(2,3)37(43,44)45,50-33(52)49-34(55)56-18-22-7-5-4-6-8-22)26-12-9-23(10-13-26)25-16-47-51(17-25)31(39)40/h4-17,20-21,31-32H,1,18-19H2,2-3H3,(H,49,50,55)/t21-,36+/m0/s1. The second-order valence-electron chi connectivity index (χ2n) is 13.4. The number of hydrogen-bond donors (Lipinski definition) is 1. The zero-order valence-electron chi connectivity index (χ0n) is 29.4. The summed E-state index contributed by atoms with van der Waals surface area (Å²) in [4.78, 5) is 36.9. The number of guanidine groups is 1. The van der Waals surface area contributed by atoms with Gasteiger partial charge in [-0.3, -0.25) is 9.69 Å². The summed E-state index contributed by atoms with van der Waals surface area (Å²) in [5, 5.41) is 9.92. The maximum Gasteiger partial charge on any atom is 0.437 e. The van der Waals surface area contributed by atoms with Crippen LogP contribution in [0.5, 0.6) is 0 Å². The number of nitrogens with one attached hydrogen (secondary N) is 1. The van der Waals surface area contributed by atoms with E-state index in [1.807, 2.05) is 0 Å². The molecular weight excluding hydrogens is 773 g/mol. The highest BCUT2D eigenvalue weighted by Gasteiger charge is 2.60. The predicted molar refractivity (Wildman–Crippen MR) is 189 cm³/mol. The summed E-state index contributed by atoms with van der Waals surface area (Å²) in [6.07, 6.45) is -3.85. The van der Waals surface area contributed by atoms with Crippen LogP contribution < -0.4 is 5.32 Å². The molecule has 3 heterocycles. The quantitative estimate of drug-likeness (QED) is 0.132. The van der Waals surface area contributed by atoms with Gasteiger partial charge in [0, 0.05) is 17.3 Å². The molecule has 19 heteroatoms. The summed E-state index contributed by atoms with van der Waals surface area (Å²) >= 11 is 6.38. The molecule has 1 N–H and O–H groups in total. The van der Waals surface area contributed by atoms with E-state index in [-0.39, 0.29) is 39.7 Å². The molecule has 2 atom stereocenters. The molecule has 1 radical (unpaired) electrons. The number of amides is 2. The van der Waals surface area contributed by atoms with Crippen molar-refractivity contribution >= 4 is 29.6 Å². The van der Waals surface area contributed by atoms with E-state index < -0.39 is 60.7 Å². The Kier molecular flexibility index (Phi) is 11.0. The predicted octanol–water partition coefficient (Wildman–Crippen LogP) is 9.13. The number of hydrogen-bond acceptors (Lipinski definition) is 6. The summed E-state index contributed by atoms with van der Waals surface area (Å²) in [5.41, 5.74) is -3.53. The van der Waals surface area contributed by atoms with Gasteiger partial charge in [0.1, 0.15) is 18.5 Å². The molecule has 293 valence electrons. The van der Waals surface area contributed by atoms with Crippen LogP contribution >= 0.6 is 11.6 Å². The first-order valence-electron chi connectivity index (χ1n) is 16.6. The van der Waals surface area contributed by atoms with Crippen LogP contribution in [0.25, 0.3) is 22.5 Å². The normalized spacial score (nSPS) is 17.6. The van der Waals surface area contributed by atoms with Crippen molar-refractivity contribution < 1.29 is 45.1 Å². The number of ether oxygens (including phenoxy) is 1. The van der Waals surface area contributed by atoms with Crippen LogP contribution in [0, 0.1) is 12.3 Å². The van der Waals surface area contributed by atoms with Crippen molar-refractivity contribution in [1.82, 2.24) is 34.8 Å². The Bertz CT molecular complexity index is 2240. The van der Waals surface area contributed by atoms with Gasteiger partial charge in [0.2, 0.25) is 5.96 Å². The van der Waals surface area contributed by atoms with Gasteiger partial charge in [-0.25, -0.2) is 14.5 Å². The largest absolute Gasteiger partial charge is 0.443 e. The van der Waals surface area contributed by atoms with Gasteiger partial charge in [-0.05, 0) is 47.7 Å². The average molecular weight is 804 g/mol. The minimum atomic E-state index is -4.85. The summed E-state index contributed by atoms with van der Waals surface area (Å²) in [7, 11) is 0. The van der Waals surface area contributed by atoms with Gasteiger partial charge in [0.05, 0.1) is 22.7 Å². The summed E-state index contributed by atoms with van der Waals surface area (Å²) in [6.45, 7) is -0.378. The molecule has 0 unspecified atom stereocenters. The molecule has 11 nitrogen and oxygen atoms in total. The molecule has 1 fully saturated rings. The van der Waals surface area contributed by atoms with Crippen LogP contribution in [0.15, 0.2) is 96.5 Å². The number of alkyl halides is 7. The van der Waals surface area contributed by atoms with Crippen LogP contribution in [-0.4, -0.2) is 53.6 Å². The van der Waals surface area contributed by atoms with Crippen molar-refractivity contribution in [3.63, 3.8) is 0 Å². The van der Waals surface area contributed by atoms with E-state index in [4.69, 9.17) is 16.3 Å². The Morgan fingerprint density at radius 1 is 0.982 bits per heavy atom. The van der Waals surface area contributed by atoms with Crippen LogP contribution in [0.2, 0.25) is 5.02 Å². The Morgan fingerprint density at radius 2 is 1.68 bits per heavy atom. The van der Waals surface area contributed by atoms with Crippen molar-refractivity contribution in [3.8, 4) is 22.5 Å². The third-order valence-corrected chi connectivity index (χ3v) is 9.54. The Hall–Kier alpha value is -5.78. The van der Waals surface area contributed by atoms with E-state index in [2.05, 4.69) is 32.4 Å². The van der Waals surface area contributed by atoms with Crippen LogP contribution in [0.1, 0.15) is 56.1 Å². The summed E-state index contributed by atoms with van der Waals surface area (Å²) < 4.78 is 104. The minimum absolute atomic E-state index is 0.00768. The lowest BCUT2D eigenvalue weighted by atomic mass is 9.73. The molecule has 2 amide bonds. The molecule has 0 spiro atoms. The topological polar surface area (TPSA) is 120 Å². The number of benzene rings is 3. The second-order valence-corrected chi connectivity index (χ2v) is 13.8. The van der Waals surface area contributed by atoms with Gasteiger partial charge < -0.3 is 10.1 Å². The summed E-state index contributed by atoms with van der Waals surface area (Å²) in [6, 6.07) is 16.7. The van der Waals surface area contributed by atoms with E-state index in [0.29, 0.717) is 20.5 Å². The minimum Gasteiger partial charge on any atom is -0.443 e. The van der Waals surface area contributed by atoms with Crippen LogP contribution in [-0.2, 0) is 21.7 Å². The number of halogens is 8. The van der Waals surface area contributed by atoms with E-state index >= 15 is 0 Å². The second kappa shape index (κ2) is 15.4. The highest BCUT2D eigenvalue weighted by Crippen LogP contribution is 2.49. The molecule has 5 aromatic rings. The molecule has 1 aliphatic heterocycles. The third kappa shape index (κ3) is 7.82. The van der Waals surface area contributed by atoms with Crippen LogP contribution in [0.3, 0.4) is 0 Å². The number of nitrogens with zero attached hydrogens (tertiary/aromatic N) is 7. The van der Waals surface area contributed by atoms with Crippen molar-refractivity contribution in [2.24, 2.45) is 10.4 Å². The average Bonchev–Trinajstić information content (AvgIpc) is 3.90. The van der Waals surface area contributed by atoms with E-state index in [0.717, 1.165) is 31.3 Å². The lowest BCUT2D eigenvalue weighted by Crippen LogP contribution is -2.50. The van der Waals surface area contributed by atoms with Crippen LogP contribution in [0.4, 0.5) is 35.5 Å². The van der Waals surface area contributed by atoms with Crippen molar-refractivity contribution in [2.45, 2.75) is 57.7 Å². The molecule has 0 saturated carbocycles. The van der Waals surface area contributed by atoms with Crippen molar-refractivity contribution in [2.75, 3.05) is 0 Å². The number of aliphatic imine (C=N–C) groups is 1. The van der Waals surface area contributed by atoms with Gasteiger partial charge in [-0.15, -0.1) is 4.99 Å². The first-order chi connectivity index (χ1) is 26.4. The fourth-order valence-corrected chi connectivity index (χ4v) is 6.40. The van der Waals surface area contributed by atoms with Gasteiger partial charge in [-0.2, -0.15) is 45.6 Å². The summed E-state index contributed by atoms with van der Waals surface area (Å²) in [5.74, 6) is -1.88. The van der Waals surface area contributed by atoms with Gasteiger partial charge >= 0.3 is 25.4 Å². The van der Waals surface area contributed by atoms with E-state index in [1.54, 1.807) is 30.3 Å². The van der Waals surface area contributed by atoms with Crippen molar-refractivity contribution in [3.05, 3.63) is 120 Å². The lowest BCUT2D eigenvalue weighted by molar-refractivity contribution is -0.218. The van der Waals surface area contributed by atoms with E-state index in [9.17, 15) is 40.3 Å². The highest BCUT2D eigenvalue weighted by molar-refractivity contribution is 6.33. The molecule has 2 aromatic heterocycles. The monoisotopic (exact) mass is 803 g/mol. The third-order valence-electron chi connectivity index (χ3n) is 9.21. The van der Waals surface area contributed by atoms with Gasteiger partial charge in [0.15, 0.2) is 5.82 Å². The Morgan fingerprint density at radius 3 is 2.30 bits per heavy atom. The van der Waals surface area contributed by atoms with Crippen molar-refractivity contribution in [1.29, 1.82) is 0 Å². The molecule has 0 aliphatic carbocycles. The SMILES string of the molecule is [CH2][C@@H](c1ccc(Cl)c(-c2ncnn2C(F)F)c1)N1C(=O)[C@@](CC(C)(C)C(F)(F)F)(c2ccc(-c3cnn(C(F)F)c3)cc2)N/C1=N/C(=O)OCc1ccccc1. The van der Waals surface area contributed by atoms with Gasteiger partial charge in [-0.1, -0.05) is 86.1 Å².